The number of benzene rings is 1. The summed E-state index contributed by atoms with van der Waals surface area (Å²) in [5, 5.41) is 7.96. The fraction of sp³-hybridized carbons (Fsp3) is 0.438. The summed E-state index contributed by atoms with van der Waals surface area (Å²) in [5.41, 5.74) is 6.15. The summed E-state index contributed by atoms with van der Waals surface area (Å²) in [5.74, 6) is 0. The Morgan fingerprint density at radius 3 is 2.32 bits per heavy atom. The lowest BCUT2D eigenvalue weighted by Gasteiger charge is -2.09. The Labute approximate surface area is 115 Å². The fourth-order valence-electron chi connectivity index (χ4n) is 2.26. The Bertz CT molecular complexity index is 547. The second-order valence-electron chi connectivity index (χ2n) is 5.55. The van der Waals surface area contributed by atoms with Crippen LogP contribution in [0.2, 0.25) is 0 Å². The van der Waals surface area contributed by atoms with E-state index < -0.39 is 0 Å². The highest BCUT2D eigenvalue weighted by Gasteiger charge is 2.09. The predicted molar refractivity (Wildman–Crippen MR) is 79.8 cm³/mol. The van der Waals surface area contributed by atoms with Crippen LogP contribution in [0.3, 0.4) is 0 Å². The first-order valence-electron chi connectivity index (χ1n) is 6.83. The number of hydrogen-bond acceptors (Lipinski definition) is 2. The smallest absolute Gasteiger partial charge is 0.0654 e. The minimum absolute atomic E-state index is 0.490. The number of rotatable bonds is 4. The fourth-order valence-corrected chi connectivity index (χ4v) is 2.26. The molecule has 0 bridgehead atoms. The van der Waals surface area contributed by atoms with Crippen molar-refractivity contribution in [3.63, 3.8) is 0 Å². The molecule has 1 aromatic carbocycles. The van der Waals surface area contributed by atoms with Crippen LogP contribution in [-0.2, 0) is 6.54 Å². The minimum atomic E-state index is 0.490. The lowest BCUT2D eigenvalue weighted by molar-refractivity contribution is 0.587. The van der Waals surface area contributed by atoms with Crippen molar-refractivity contribution >= 4 is 0 Å². The molecule has 0 saturated carbocycles. The molecule has 1 heterocycles. The van der Waals surface area contributed by atoms with Gasteiger partial charge in [-0.2, -0.15) is 5.10 Å². The Morgan fingerprint density at radius 2 is 1.74 bits per heavy atom. The van der Waals surface area contributed by atoms with Crippen LogP contribution in [0.25, 0.3) is 5.69 Å². The van der Waals surface area contributed by atoms with Crippen molar-refractivity contribution in [3.8, 4) is 5.69 Å². The molecule has 0 saturated heterocycles. The first kappa shape index (κ1) is 13.8. The Morgan fingerprint density at radius 1 is 1.11 bits per heavy atom. The summed E-state index contributed by atoms with van der Waals surface area (Å²) < 4.78 is 2.03. The number of nitrogens with one attached hydrogen (secondary N) is 1. The van der Waals surface area contributed by atoms with Gasteiger partial charge in [-0.25, -0.2) is 4.68 Å². The van der Waals surface area contributed by atoms with E-state index in [2.05, 4.69) is 63.2 Å². The van der Waals surface area contributed by atoms with Gasteiger partial charge in [-0.3, -0.25) is 0 Å². The maximum atomic E-state index is 4.52. The number of nitrogens with zero attached hydrogens (tertiary/aromatic N) is 2. The Kier molecular flexibility index (Phi) is 4.05. The SMILES string of the molecule is Cc1cc(C)cc(-n2ncc(CNC(C)C)c2C)c1. The summed E-state index contributed by atoms with van der Waals surface area (Å²) in [6.07, 6.45) is 1.96. The lowest BCUT2D eigenvalue weighted by atomic mass is 10.1. The highest BCUT2D eigenvalue weighted by atomic mass is 15.3. The number of hydrogen-bond donors (Lipinski definition) is 1. The molecule has 19 heavy (non-hydrogen) atoms. The molecule has 102 valence electrons. The molecule has 0 amide bonds. The zero-order valence-corrected chi connectivity index (χ0v) is 12.5. The zero-order chi connectivity index (χ0) is 14.0. The highest BCUT2D eigenvalue weighted by Crippen LogP contribution is 2.17. The van der Waals surface area contributed by atoms with E-state index in [0.717, 1.165) is 12.2 Å². The van der Waals surface area contributed by atoms with Crippen molar-refractivity contribution in [2.75, 3.05) is 0 Å². The zero-order valence-electron chi connectivity index (χ0n) is 12.5. The van der Waals surface area contributed by atoms with E-state index in [0.29, 0.717) is 6.04 Å². The molecule has 3 heteroatoms. The molecule has 0 spiro atoms. The maximum Gasteiger partial charge on any atom is 0.0654 e. The van der Waals surface area contributed by atoms with Crippen molar-refractivity contribution in [1.82, 2.24) is 15.1 Å². The molecule has 2 aromatic rings. The molecule has 0 aliphatic carbocycles. The average molecular weight is 257 g/mol. The van der Waals surface area contributed by atoms with Gasteiger partial charge in [0.2, 0.25) is 0 Å². The molecule has 0 fully saturated rings. The van der Waals surface area contributed by atoms with Gasteiger partial charge in [0.25, 0.3) is 0 Å². The molecule has 0 aliphatic heterocycles. The van der Waals surface area contributed by atoms with Gasteiger partial charge in [0.05, 0.1) is 11.9 Å². The first-order valence-corrected chi connectivity index (χ1v) is 6.83. The Hall–Kier alpha value is -1.61. The van der Waals surface area contributed by atoms with Crippen LogP contribution in [0.1, 0.15) is 36.2 Å². The maximum absolute atomic E-state index is 4.52. The van der Waals surface area contributed by atoms with Crippen molar-refractivity contribution in [2.24, 2.45) is 0 Å². The average Bonchev–Trinajstić information content (AvgIpc) is 2.66. The van der Waals surface area contributed by atoms with Gasteiger partial charge < -0.3 is 5.32 Å². The molecule has 1 N–H and O–H groups in total. The van der Waals surface area contributed by atoms with E-state index in [4.69, 9.17) is 0 Å². The molecule has 3 nitrogen and oxygen atoms in total. The normalized spacial score (nSPS) is 11.3. The second-order valence-corrected chi connectivity index (χ2v) is 5.55. The predicted octanol–water partition coefficient (Wildman–Crippen LogP) is 3.30. The third-order valence-corrected chi connectivity index (χ3v) is 3.26. The van der Waals surface area contributed by atoms with Crippen molar-refractivity contribution in [2.45, 2.75) is 47.2 Å². The van der Waals surface area contributed by atoms with Crippen LogP contribution in [0.4, 0.5) is 0 Å². The lowest BCUT2D eigenvalue weighted by Crippen LogP contribution is -2.22. The third kappa shape index (κ3) is 3.24. The molecule has 0 radical (unpaired) electrons. The van der Waals surface area contributed by atoms with E-state index in [9.17, 15) is 0 Å². The quantitative estimate of drug-likeness (QED) is 0.911. The van der Waals surface area contributed by atoms with E-state index in [1.165, 1.54) is 22.4 Å². The number of aromatic nitrogens is 2. The van der Waals surface area contributed by atoms with Gasteiger partial charge in [0.15, 0.2) is 0 Å². The molecule has 0 atom stereocenters. The van der Waals surface area contributed by atoms with Crippen LogP contribution in [0, 0.1) is 20.8 Å². The standard InChI is InChI=1S/C16H23N3/c1-11(2)17-9-15-10-18-19(14(15)5)16-7-12(3)6-13(4)8-16/h6-8,10-11,17H,9H2,1-5H3. The van der Waals surface area contributed by atoms with Gasteiger partial charge in [-0.1, -0.05) is 19.9 Å². The monoisotopic (exact) mass is 257 g/mol. The highest BCUT2D eigenvalue weighted by molar-refractivity contribution is 5.40. The summed E-state index contributed by atoms with van der Waals surface area (Å²) in [4.78, 5) is 0. The number of aryl methyl sites for hydroxylation is 2. The van der Waals surface area contributed by atoms with Crippen LogP contribution in [-0.4, -0.2) is 15.8 Å². The summed E-state index contributed by atoms with van der Waals surface area (Å²) in [6.45, 7) is 11.6. The van der Waals surface area contributed by atoms with Gasteiger partial charge in [0, 0.05) is 23.8 Å². The van der Waals surface area contributed by atoms with Crippen LogP contribution < -0.4 is 5.32 Å². The van der Waals surface area contributed by atoms with Gasteiger partial charge >= 0.3 is 0 Å². The van der Waals surface area contributed by atoms with Crippen molar-refractivity contribution < 1.29 is 0 Å². The third-order valence-electron chi connectivity index (χ3n) is 3.26. The van der Waals surface area contributed by atoms with Gasteiger partial charge in [-0.15, -0.1) is 0 Å². The van der Waals surface area contributed by atoms with E-state index in [1.54, 1.807) is 0 Å². The van der Waals surface area contributed by atoms with Crippen molar-refractivity contribution in [1.29, 1.82) is 0 Å². The summed E-state index contributed by atoms with van der Waals surface area (Å²) in [7, 11) is 0. The molecule has 1 aromatic heterocycles. The largest absolute Gasteiger partial charge is 0.310 e. The van der Waals surface area contributed by atoms with E-state index in [1.807, 2.05) is 10.9 Å². The molecular formula is C16H23N3. The van der Waals surface area contributed by atoms with Crippen LogP contribution >= 0.6 is 0 Å². The topological polar surface area (TPSA) is 29.9 Å². The molecule has 2 rings (SSSR count). The van der Waals surface area contributed by atoms with Gasteiger partial charge in [-0.05, 0) is 44.0 Å². The molecule has 0 unspecified atom stereocenters. The summed E-state index contributed by atoms with van der Waals surface area (Å²) in [6, 6.07) is 7.02. The first-order chi connectivity index (χ1) is 8.97. The molecular weight excluding hydrogens is 234 g/mol. The van der Waals surface area contributed by atoms with Gasteiger partial charge in [0.1, 0.15) is 0 Å². The second kappa shape index (κ2) is 5.57. The molecule has 0 aliphatic rings. The summed E-state index contributed by atoms with van der Waals surface area (Å²) >= 11 is 0. The Balaban J connectivity index is 2.30. The van der Waals surface area contributed by atoms with E-state index in [-0.39, 0.29) is 0 Å². The van der Waals surface area contributed by atoms with Crippen molar-refractivity contribution in [3.05, 3.63) is 46.8 Å². The van der Waals surface area contributed by atoms with Crippen LogP contribution in [0.5, 0.6) is 0 Å². The van der Waals surface area contributed by atoms with E-state index >= 15 is 0 Å². The minimum Gasteiger partial charge on any atom is -0.310 e. The van der Waals surface area contributed by atoms with Crippen LogP contribution in [0.15, 0.2) is 24.4 Å².